The molecule has 2 aliphatic heterocycles. The first-order valence-corrected chi connectivity index (χ1v) is 12.1. The van der Waals surface area contributed by atoms with E-state index in [1.807, 2.05) is 0 Å². The molecular weight excluding hydrogens is 296 g/mol. The summed E-state index contributed by atoms with van der Waals surface area (Å²) in [5.41, 5.74) is 9.21. The zero-order chi connectivity index (χ0) is 16.4. The number of benzene rings is 2. The van der Waals surface area contributed by atoms with Crippen LogP contribution in [0.1, 0.15) is 27.9 Å². The molecule has 0 saturated carbocycles. The number of hydrogen-bond donors (Lipinski definition) is 0. The summed E-state index contributed by atoms with van der Waals surface area (Å²) in [5, 5.41) is 0. The number of nitrogens with zero attached hydrogens (tertiary/aromatic N) is 2. The topological polar surface area (TPSA) is 6.48 Å². The molecule has 0 aliphatic carbocycles. The van der Waals surface area contributed by atoms with Gasteiger partial charge in [-0.15, -0.1) is 0 Å². The second kappa shape index (κ2) is 4.87. The van der Waals surface area contributed by atoms with E-state index in [2.05, 4.69) is 79.7 Å². The minimum atomic E-state index is -1.39. The largest absolute Gasteiger partial charge is 0.349 e. The molecule has 0 fully saturated rings. The van der Waals surface area contributed by atoms with Crippen LogP contribution in [0.15, 0.2) is 36.4 Å². The molecule has 2 aromatic rings. The second-order valence-corrected chi connectivity index (χ2v) is 13.6. The van der Waals surface area contributed by atoms with E-state index in [-0.39, 0.29) is 0 Å². The molecule has 0 amide bonds. The Morgan fingerprint density at radius 1 is 0.913 bits per heavy atom. The van der Waals surface area contributed by atoms with E-state index in [1.54, 1.807) is 5.56 Å². The van der Waals surface area contributed by atoms with Crippen LogP contribution < -0.4 is 9.80 Å². The summed E-state index contributed by atoms with van der Waals surface area (Å²) in [6.07, 6.45) is 0. The van der Waals surface area contributed by atoms with Crippen LogP contribution in [-0.4, -0.2) is 14.7 Å². The molecule has 0 spiro atoms. The summed E-state index contributed by atoms with van der Waals surface area (Å²) in [6, 6.07) is 14.0. The predicted octanol–water partition coefficient (Wildman–Crippen LogP) is 5.02. The second-order valence-electron chi connectivity index (χ2n) is 8.27. The lowest BCUT2D eigenvalue weighted by molar-refractivity contribution is 0.625. The molecule has 4 rings (SSSR count). The Bertz CT molecular complexity index is 776. The Balaban J connectivity index is 1.94. The number of anilines is 2. The fraction of sp³-hybridized carbons (Fsp3) is 0.400. The van der Waals surface area contributed by atoms with Crippen molar-refractivity contribution >= 4 is 19.4 Å². The maximum atomic E-state index is 2.67. The maximum absolute atomic E-state index is 2.67. The first-order valence-electron chi connectivity index (χ1n) is 8.56. The van der Waals surface area contributed by atoms with Crippen LogP contribution in [0.4, 0.5) is 11.4 Å². The van der Waals surface area contributed by atoms with Gasteiger partial charge in [0.25, 0.3) is 0 Å². The van der Waals surface area contributed by atoms with Crippen molar-refractivity contribution in [2.45, 2.75) is 45.7 Å². The lowest BCUT2D eigenvalue weighted by Crippen LogP contribution is -2.55. The van der Waals surface area contributed by atoms with Gasteiger partial charge in [-0.25, -0.2) is 0 Å². The molecule has 3 heteroatoms. The zero-order valence-corrected chi connectivity index (χ0v) is 15.9. The lowest BCUT2D eigenvalue weighted by Gasteiger charge is -2.53. The molecular formula is C20H26N2Si. The molecule has 2 heterocycles. The molecule has 2 nitrogen and oxygen atoms in total. The molecule has 2 aliphatic rings. The average Bonchev–Trinajstić information content (AvgIpc) is 2.45. The van der Waals surface area contributed by atoms with Crippen molar-refractivity contribution < 1.29 is 0 Å². The highest BCUT2D eigenvalue weighted by Crippen LogP contribution is 2.47. The van der Waals surface area contributed by atoms with E-state index in [0.717, 1.165) is 13.2 Å². The van der Waals surface area contributed by atoms with Gasteiger partial charge in [0.15, 0.2) is 0 Å². The quantitative estimate of drug-likeness (QED) is 0.680. The van der Waals surface area contributed by atoms with E-state index in [1.165, 1.54) is 28.1 Å². The molecule has 0 aromatic heterocycles. The summed E-state index contributed by atoms with van der Waals surface area (Å²) in [5.74, 6) is 0. The Morgan fingerprint density at radius 2 is 1.57 bits per heavy atom. The van der Waals surface area contributed by atoms with Crippen molar-refractivity contribution in [2.75, 3.05) is 16.5 Å². The van der Waals surface area contributed by atoms with E-state index < -0.39 is 8.07 Å². The molecule has 23 heavy (non-hydrogen) atoms. The summed E-state index contributed by atoms with van der Waals surface area (Å²) < 4.78 is 0. The molecule has 2 aromatic carbocycles. The monoisotopic (exact) mass is 322 g/mol. The highest BCUT2D eigenvalue weighted by molar-refractivity contribution is 6.78. The molecule has 1 atom stereocenters. The van der Waals surface area contributed by atoms with E-state index in [9.17, 15) is 0 Å². The van der Waals surface area contributed by atoms with E-state index in [0.29, 0.717) is 5.67 Å². The average molecular weight is 323 g/mol. The van der Waals surface area contributed by atoms with Crippen molar-refractivity contribution in [3.05, 3.63) is 58.7 Å². The SMILES string of the molecule is Cc1ccc2c(c1)CN1CN2[C@H]([Si](C)(C)C)c2cc(C)ccc21. The van der Waals surface area contributed by atoms with Gasteiger partial charge in [0.1, 0.15) is 0 Å². The van der Waals surface area contributed by atoms with Gasteiger partial charge in [0.2, 0.25) is 0 Å². The van der Waals surface area contributed by atoms with Crippen molar-refractivity contribution in [1.29, 1.82) is 0 Å². The summed E-state index contributed by atoms with van der Waals surface area (Å²) in [6.45, 7) is 14.0. The predicted molar refractivity (Wildman–Crippen MR) is 102 cm³/mol. The fourth-order valence-electron chi connectivity index (χ4n) is 4.30. The highest BCUT2D eigenvalue weighted by Gasteiger charge is 2.42. The third kappa shape index (κ3) is 2.29. The Labute approximate surface area is 140 Å². The summed E-state index contributed by atoms with van der Waals surface area (Å²) >= 11 is 0. The maximum Gasteiger partial charge on any atom is 0.0909 e. The smallest absolute Gasteiger partial charge is 0.0909 e. The van der Waals surface area contributed by atoms with Crippen LogP contribution in [0.25, 0.3) is 0 Å². The normalized spacial score (nSPS) is 19.4. The van der Waals surface area contributed by atoms with Crippen LogP contribution in [-0.2, 0) is 6.54 Å². The van der Waals surface area contributed by atoms with E-state index in [4.69, 9.17) is 0 Å². The van der Waals surface area contributed by atoms with Gasteiger partial charge in [-0.05, 0) is 37.1 Å². The number of aryl methyl sites for hydroxylation is 2. The highest BCUT2D eigenvalue weighted by atomic mass is 28.3. The van der Waals surface area contributed by atoms with Crippen LogP contribution in [0.2, 0.25) is 19.6 Å². The van der Waals surface area contributed by atoms with Crippen LogP contribution in [0, 0.1) is 13.8 Å². The van der Waals surface area contributed by atoms with Crippen molar-refractivity contribution in [3.8, 4) is 0 Å². The minimum absolute atomic E-state index is 0.551. The van der Waals surface area contributed by atoms with Crippen molar-refractivity contribution in [2.24, 2.45) is 0 Å². The van der Waals surface area contributed by atoms with Crippen LogP contribution in [0.3, 0.4) is 0 Å². The Hall–Kier alpha value is -1.74. The summed E-state index contributed by atoms with van der Waals surface area (Å²) in [4.78, 5) is 5.22. The molecule has 0 unspecified atom stereocenters. The van der Waals surface area contributed by atoms with Gasteiger partial charge in [0.05, 0.1) is 14.7 Å². The standard InChI is InChI=1S/C20H26N2Si/c1-14-6-8-18-16(10-14)12-21-13-22(18)20(23(3,4)5)17-11-15(2)7-9-19(17)21/h6-11,20H,12-13H2,1-5H3/t20-/m1/s1. The molecule has 0 N–H and O–H groups in total. The molecule has 120 valence electrons. The minimum Gasteiger partial charge on any atom is -0.349 e. The Morgan fingerprint density at radius 3 is 2.26 bits per heavy atom. The van der Waals surface area contributed by atoms with Crippen molar-refractivity contribution in [1.82, 2.24) is 0 Å². The van der Waals surface area contributed by atoms with Gasteiger partial charge in [-0.2, -0.15) is 0 Å². The number of fused-ring (bicyclic) bond motifs is 6. The summed E-state index contributed by atoms with van der Waals surface area (Å²) in [7, 11) is -1.39. The molecule has 0 saturated heterocycles. The first-order chi connectivity index (χ1) is 10.8. The third-order valence-electron chi connectivity index (χ3n) is 5.18. The third-order valence-corrected chi connectivity index (χ3v) is 7.44. The Kier molecular flexibility index (Phi) is 3.14. The van der Waals surface area contributed by atoms with Gasteiger partial charge in [0, 0.05) is 23.6 Å². The van der Waals surface area contributed by atoms with Crippen LogP contribution >= 0.6 is 0 Å². The van der Waals surface area contributed by atoms with Gasteiger partial charge >= 0.3 is 0 Å². The van der Waals surface area contributed by atoms with Gasteiger partial charge in [-0.1, -0.05) is 55.0 Å². The lowest BCUT2D eigenvalue weighted by atomic mass is 9.99. The van der Waals surface area contributed by atoms with Gasteiger partial charge in [-0.3, -0.25) is 0 Å². The fourth-order valence-corrected chi connectivity index (χ4v) is 6.62. The molecule has 0 radical (unpaired) electrons. The molecule has 2 bridgehead atoms. The van der Waals surface area contributed by atoms with E-state index >= 15 is 0 Å². The zero-order valence-electron chi connectivity index (χ0n) is 14.9. The number of rotatable bonds is 1. The van der Waals surface area contributed by atoms with Crippen molar-refractivity contribution in [3.63, 3.8) is 0 Å². The first kappa shape index (κ1) is 14.8. The van der Waals surface area contributed by atoms with Crippen LogP contribution in [0.5, 0.6) is 0 Å². The number of hydrogen-bond acceptors (Lipinski definition) is 2. The van der Waals surface area contributed by atoms with Gasteiger partial charge < -0.3 is 9.80 Å².